The number of hydrogen-bond donors (Lipinski definition) is 10. The van der Waals surface area contributed by atoms with Crippen molar-refractivity contribution in [2.45, 2.75) is 197 Å². The molecule has 2 saturated carbocycles. The summed E-state index contributed by atoms with van der Waals surface area (Å²) in [6, 6.07) is 14.5. The summed E-state index contributed by atoms with van der Waals surface area (Å²) in [5, 5.41) is 81.7. The third kappa shape index (κ3) is 19.7. The Kier molecular flexibility index (Phi) is 29.3. The van der Waals surface area contributed by atoms with E-state index in [1.807, 2.05) is 31.2 Å². The molecule has 0 bridgehead atoms. The molecule has 86 heavy (non-hydrogen) atoms. The summed E-state index contributed by atoms with van der Waals surface area (Å²) in [5.74, 6) is 1.08. The van der Waals surface area contributed by atoms with Gasteiger partial charge in [0.1, 0.15) is 60.4 Å². The average Bonchev–Trinajstić information content (AvgIpc) is 2.16. The van der Waals surface area contributed by atoms with Crippen molar-refractivity contribution in [1.29, 1.82) is 0 Å². The largest absolute Gasteiger partial charge is 0.394 e. The van der Waals surface area contributed by atoms with E-state index in [4.69, 9.17) is 26.5 Å². The molecule has 26 heteroatoms. The van der Waals surface area contributed by atoms with Crippen molar-refractivity contribution in [3.63, 3.8) is 0 Å². The van der Waals surface area contributed by atoms with Gasteiger partial charge in [-0.05, 0) is 80.2 Å². The number of carbonyl (C=O) groups excluding carboxylic acids is 6. The Morgan fingerprint density at radius 1 is 0.698 bits per heavy atom. The number of unbranched alkanes of at least 4 members (excludes halogenated alkanes) is 2. The Bertz CT molecular complexity index is 2680. The molecule has 472 valence electrons. The zero-order chi connectivity index (χ0) is 62.7. The minimum absolute atomic E-state index is 0.0224. The van der Waals surface area contributed by atoms with E-state index in [0.29, 0.717) is 29.9 Å². The van der Waals surface area contributed by atoms with Crippen molar-refractivity contribution in [2.24, 2.45) is 17.0 Å². The Morgan fingerprint density at radius 2 is 1.15 bits per heavy atom. The van der Waals surface area contributed by atoms with Gasteiger partial charge in [0, 0.05) is 43.0 Å². The molecule has 1 aromatic heterocycles. The molecule has 2 aromatic carbocycles. The van der Waals surface area contributed by atoms with Crippen LogP contribution in [-0.4, -0.2) is 191 Å². The van der Waals surface area contributed by atoms with E-state index in [2.05, 4.69) is 54.4 Å². The summed E-state index contributed by atoms with van der Waals surface area (Å²) in [6.07, 6.45) is 10.7. The highest BCUT2D eigenvalue weighted by Gasteiger charge is 2.47. The molecule has 2 aliphatic carbocycles. The monoisotopic (exact) mass is 1200 g/mol. The summed E-state index contributed by atoms with van der Waals surface area (Å²) >= 11 is 0. The van der Waals surface area contributed by atoms with E-state index in [1.54, 1.807) is 46.2 Å². The van der Waals surface area contributed by atoms with Crippen LogP contribution in [0.15, 0.2) is 72.0 Å². The van der Waals surface area contributed by atoms with Crippen LogP contribution in [0.4, 0.5) is 0 Å². The van der Waals surface area contributed by atoms with Crippen LogP contribution >= 0.6 is 0 Å². The third-order valence-electron chi connectivity index (χ3n) is 15.7. The van der Waals surface area contributed by atoms with Crippen LogP contribution < -0.4 is 21.3 Å². The average molecular weight is 1200 g/mol. The number of aliphatic hydroxyl groups excluding tert-OH is 6. The maximum Gasteiger partial charge on any atom is 0.255 e. The highest BCUT2D eigenvalue weighted by molar-refractivity contribution is 5.98. The van der Waals surface area contributed by atoms with E-state index in [-0.39, 0.29) is 48.6 Å². The molecule has 26 nitrogen and oxygen atoms in total. The number of azide groups is 1. The number of aliphatic hydroxyl groups is 6. The minimum Gasteiger partial charge on any atom is -0.394 e. The number of amides is 6. The van der Waals surface area contributed by atoms with Crippen molar-refractivity contribution in [3.8, 4) is 12.3 Å². The summed E-state index contributed by atoms with van der Waals surface area (Å²) in [4.78, 5) is 82.4. The van der Waals surface area contributed by atoms with Gasteiger partial charge >= 0.3 is 0 Å². The molecule has 7 rings (SSSR count). The van der Waals surface area contributed by atoms with Gasteiger partial charge in [-0.15, -0.1) is 11.5 Å². The lowest BCUT2D eigenvalue weighted by molar-refractivity contribution is -0.219. The van der Waals surface area contributed by atoms with Crippen molar-refractivity contribution < 1.29 is 68.9 Å². The number of ether oxygens (including phenoxy) is 2. The van der Waals surface area contributed by atoms with Crippen molar-refractivity contribution >= 4 is 35.4 Å². The maximum absolute atomic E-state index is 14.0. The van der Waals surface area contributed by atoms with Gasteiger partial charge in [-0.2, -0.15) is 0 Å². The first-order valence-electron chi connectivity index (χ1n) is 29.9. The number of benzene rings is 2. The molecule has 3 heterocycles. The van der Waals surface area contributed by atoms with Crippen LogP contribution in [0.1, 0.15) is 150 Å². The SMILES string of the molecule is C#CCN(C(=O)c1ccccc1)C(C(=O)NCCCC)C1CCCCC1.CC(=O)NC1C(N=[N+]=[N-])OC(CO)C(O)C1O.CCCCNC(=O)C(C1CCCCC1)N(Cc1cn(C2OC(CO)C(O)C(O)C2NC(C)=O)nn1)C(=O)c1ccccc1. The van der Waals surface area contributed by atoms with E-state index < -0.39 is 98.3 Å². The van der Waals surface area contributed by atoms with Gasteiger partial charge in [-0.25, -0.2) is 4.68 Å². The third-order valence-corrected chi connectivity index (χ3v) is 15.7. The van der Waals surface area contributed by atoms with Crippen LogP contribution in [-0.2, 0) is 35.2 Å². The lowest BCUT2D eigenvalue weighted by Gasteiger charge is -2.42. The molecular formula is C60H88N12O14. The number of nitrogens with one attached hydrogen (secondary N) is 4. The fourth-order valence-electron chi connectivity index (χ4n) is 11.3. The molecule has 2 aliphatic heterocycles. The summed E-state index contributed by atoms with van der Waals surface area (Å²) in [6.45, 7) is 6.80. The quantitative estimate of drug-likeness (QED) is 0.0215. The number of terminal acetylenes is 1. The highest BCUT2D eigenvalue weighted by Crippen LogP contribution is 2.34. The zero-order valence-electron chi connectivity index (χ0n) is 49.7. The Balaban J connectivity index is 0.000000265. The van der Waals surface area contributed by atoms with Gasteiger partial charge in [0.2, 0.25) is 23.6 Å². The van der Waals surface area contributed by atoms with Crippen LogP contribution in [0.25, 0.3) is 10.4 Å². The second kappa shape index (κ2) is 36.2. The number of rotatable bonds is 23. The lowest BCUT2D eigenvalue weighted by atomic mass is 9.82. The fraction of sp³-hybridized carbons (Fsp3) is 0.633. The smallest absolute Gasteiger partial charge is 0.255 e. The first-order valence-corrected chi connectivity index (χ1v) is 29.9. The van der Waals surface area contributed by atoms with Gasteiger partial charge in [-0.3, -0.25) is 28.8 Å². The number of aromatic nitrogens is 3. The van der Waals surface area contributed by atoms with Gasteiger partial charge < -0.3 is 71.2 Å². The normalized spacial score (nSPS) is 24.6. The van der Waals surface area contributed by atoms with E-state index in [9.17, 15) is 54.3 Å². The molecule has 12 unspecified atom stereocenters. The molecular weight excluding hydrogens is 1110 g/mol. The van der Waals surface area contributed by atoms with Crippen molar-refractivity contribution in [3.05, 3.63) is 94.1 Å². The molecule has 4 fully saturated rings. The Hall–Kier alpha value is -7.05. The second-order valence-corrected chi connectivity index (χ2v) is 22.1. The van der Waals surface area contributed by atoms with Crippen molar-refractivity contribution in [2.75, 3.05) is 32.8 Å². The molecule has 0 spiro atoms. The Labute approximate surface area is 502 Å². The second-order valence-electron chi connectivity index (χ2n) is 22.1. The summed E-state index contributed by atoms with van der Waals surface area (Å²) in [5.41, 5.74) is 9.72. The van der Waals surface area contributed by atoms with Gasteiger partial charge in [0.05, 0.1) is 38.5 Å². The van der Waals surface area contributed by atoms with Crippen LogP contribution in [0.5, 0.6) is 0 Å². The molecule has 3 aromatic rings. The molecule has 12 atom stereocenters. The molecule has 0 radical (unpaired) electrons. The molecule has 2 saturated heterocycles. The topological polar surface area (TPSA) is 376 Å². The lowest BCUT2D eigenvalue weighted by Crippen LogP contribution is -2.63. The minimum atomic E-state index is -1.45. The molecule has 4 aliphatic rings. The van der Waals surface area contributed by atoms with Crippen LogP contribution in [0.2, 0.25) is 0 Å². The van der Waals surface area contributed by atoms with Gasteiger partial charge in [-0.1, -0.05) is 118 Å². The van der Waals surface area contributed by atoms with Crippen molar-refractivity contribution in [1.82, 2.24) is 46.1 Å². The first kappa shape index (κ1) is 69.7. The van der Waals surface area contributed by atoms with Crippen LogP contribution in [0, 0.1) is 24.2 Å². The Morgan fingerprint density at radius 3 is 1.60 bits per heavy atom. The number of nitrogens with zero attached hydrogens (tertiary/aromatic N) is 8. The van der Waals surface area contributed by atoms with Gasteiger partial charge in [0.25, 0.3) is 11.8 Å². The summed E-state index contributed by atoms with van der Waals surface area (Å²) in [7, 11) is 0. The number of carbonyl (C=O) groups is 6. The first-order chi connectivity index (χ1) is 41.4. The zero-order valence-corrected chi connectivity index (χ0v) is 49.7. The summed E-state index contributed by atoms with van der Waals surface area (Å²) < 4.78 is 12.2. The van der Waals surface area contributed by atoms with E-state index in [1.165, 1.54) is 31.1 Å². The molecule has 6 amide bonds. The fourth-order valence-corrected chi connectivity index (χ4v) is 11.3. The standard InChI is InChI=1S/C30H44N6O7.C22H30N2O2.C8H14N4O5/c1-3-4-15-31-28(41)25(20-11-7-5-8-12-20)35(29(42)21-13-9-6-10-14-21)16-22-17-36(34-33-22)30-24(32-19(2)38)27(40)26(39)23(18-37)43-30;1-3-5-16-23-21(25)20(18-12-8-6-9-13-18)24(17-4-2)22(26)19-14-10-7-11-15-19;1-3(14)10-5-7(16)6(15)4(2-13)17-8(5)11-12-9/h6,9-10,13-14,17,20,23-27,30,37,39-40H,3-5,7-8,11-12,15-16,18H2,1-2H3,(H,31,41)(H,32,38);2,7,10-11,14-15,18,20H,3,5-6,8-9,12-13,16-17H2,1H3,(H,23,25);4-8,13,15-16H,2H2,1H3,(H,10,14). The van der Waals surface area contributed by atoms with E-state index >= 15 is 0 Å². The maximum atomic E-state index is 14.0. The van der Waals surface area contributed by atoms with Crippen LogP contribution in [0.3, 0.4) is 0 Å². The highest BCUT2D eigenvalue weighted by atomic mass is 16.5. The predicted octanol–water partition coefficient (Wildman–Crippen LogP) is 2.77. The number of hydrogen-bond acceptors (Lipinski definition) is 17. The van der Waals surface area contributed by atoms with Gasteiger partial charge in [0.15, 0.2) is 12.5 Å². The molecule has 10 N–H and O–H groups in total. The van der Waals surface area contributed by atoms with E-state index in [0.717, 1.165) is 83.5 Å². The predicted molar refractivity (Wildman–Crippen MR) is 314 cm³/mol.